The van der Waals surface area contributed by atoms with Gasteiger partial charge in [-0.05, 0) is 51.3 Å². The molecule has 6 nitrogen and oxygen atoms in total. The van der Waals surface area contributed by atoms with Gasteiger partial charge in [-0.1, -0.05) is 0 Å². The van der Waals surface area contributed by atoms with Crippen LogP contribution in [-0.4, -0.2) is 40.6 Å². The Labute approximate surface area is 154 Å². The summed E-state index contributed by atoms with van der Waals surface area (Å²) in [6.07, 6.45) is -3.02. The summed E-state index contributed by atoms with van der Waals surface area (Å²) in [5.41, 5.74) is -3.20. The standard InChI is InChI=1S/C18H20F3N3O3/c1-17(2)15(26)24(16(27)23(17)8-4-3-5-9-25)13-7-6-12(11-22)14(10-13)18(19,20)21/h6-7,10,25H,3-5,8-9H2,1-2H3. The largest absolute Gasteiger partial charge is 0.417 e. The molecular formula is C18H20F3N3O3. The number of unbranched alkanes of at least 4 members (excludes halogenated alkanes) is 2. The van der Waals surface area contributed by atoms with Crippen molar-refractivity contribution >= 4 is 17.6 Å². The number of imide groups is 1. The third kappa shape index (κ3) is 3.90. The molecule has 3 amide bonds. The van der Waals surface area contributed by atoms with Gasteiger partial charge in [0.25, 0.3) is 5.91 Å². The minimum atomic E-state index is -4.79. The maximum Gasteiger partial charge on any atom is 0.417 e. The van der Waals surface area contributed by atoms with E-state index in [2.05, 4.69) is 0 Å². The van der Waals surface area contributed by atoms with Gasteiger partial charge in [-0.25, -0.2) is 9.69 Å². The fourth-order valence-corrected chi connectivity index (χ4v) is 3.00. The van der Waals surface area contributed by atoms with Crippen LogP contribution in [0.4, 0.5) is 23.7 Å². The van der Waals surface area contributed by atoms with Crippen LogP contribution in [0.3, 0.4) is 0 Å². The maximum absolute atomic E-state index is 13.2. The van der Waals surface area contributed by atoms with E-state index in [9.17, 15) is 22.8 Å². The van der Waals surface area contributed by atoms with Crippen LogP contribution in [0, 0.1) is 11.3 Å². The number of rotatable bonds is 6. The number of hydrogen-bond acceptors (Lipinski definition) is 4. The van der Waals surface area contributed by atoms with Gasteiger partial charge in [0.05, 0.1) is 22.9 Å². The summed E-state index contributed by atoms with van der Waals surface area (Å²) in [7, 11) is 0. The smallest absolute Gasteiger partial charge is 0.396 e. The highest BCUT2D eigenvalue weighted by Gasteiger charge is 2.51. The molecule has 0 unspecified atom stereocenters. The van der Waals surface area contributed by atoms with Gasteiger partial charge in [-0.15, -0.1) is 0 Å². The summed E-state index contributed by atoms with van der Waals surface area (Å²) in [5, 5.41) is 17.7. The molecule has 1 fully saturated rings. The van der Waals surface area contributed by atoms with Crippen molar-refractivity contribution in [2.24, 2.45) is 0 Å². The molecule has 27 heavy (non-hydrogen) atoms. The number of hydrogen-bond donors (Lipinski definition) is 1. The van der Waals surface area contributed by atoms with Crippen molar-refractivity contribution in [1.29, 1.82) is 5.26 Å². The van der Waals surface area contributed by atoms with Crippen molar-refractivity contribution in [2.75, 3.05) is 18.1 Å². The van der Waals surface area contributed by atoms with E-state index >= 15 is 0 Å². The summed E-state index contributed by atoms with van der Waals surface area (Å²) < 4.78 is 39.6. The van der Waals surface area contributed by atoms with E-state index in [1.807, 2.05) is 0 Å². The molecule has 1 N–H and O–H groups in total. The third-order valence-corrected chi connectivity index (χ3v) is 4.55. The molecule has 0 atom stereocenters. The number of nitrogens with zero attached hydrogens (tertiary/aromatic N) is 3. The van der Waals surface area contributed by atoms with Crippen LogP contribution in [0.25, 0.3) is 0 Å². The molecule has 0 radical (unpaired) electrons. The SMILES string of the molecule is CC1(C)C(=O)N(c2ccc(C#N)c(C(F)(F)F)c2)C(=O)N1CCCCCO. The molecule has 1 heterocycles. The number of nitriles is 1. The van der Waals surface area contributed by atoms with Crippen LogP contribution in [0.2, 0.25) is 0 Å². The molecule has 1 aromatic rings. The van der Waals surface area contributed by atoms with Crippen LogP contribution in [0.1, 0.15) is 44.2 Å². The fourth-order valence-electron chi connectivity index (χ4n) is 3.00. The number of carbonyl (C=O) groups excluding carboxylic acids is 2. The Kier molecular flexibility index (Phi) is 5.80. The zero-order valence-corrected chi connectivity index (χ0v) is 15.0. The quantitative estimate of drug-likeness (QED) is 0.603. The van der Waals surface area contributed by atoms with Crippen LogP contribution in [0.15, 0.2) is 18.2 Å². The second-order valence-electron chi connectivity index (χ2n) is 6.76. The van der Waals surface area contributed by atoms with Gasteiger partial charge in [-0.3, -0.25) is 4.79 Å². The molecule has 0 bridgehead atoms. The summed E-state index contributed by atoms with van der Waals surface area (Å²) in [6.45, 7) is 3.34. The van der Waals surface area contributed by atoms with E-state index in [-0.39, 0.29) is 18.8 Å². The molecule has 0 saturated carbocycles. The Hall–Kier alpha value is -2.60. The van der Waals surface area contributed by atoms with Crippen molar-refractivity contribution in [3.8, 4) is 6.07 Å². The predicted molar refractivity (Wildman–Crippen MR) is 90.8 cm³/mol. The van der Waals surface area contributed by atoms with Crippen molar-refractivity contribution in [3.63, 3.8) is 0 Å². The topological polar surface area (TPSA) is 84.6 Å². The molecule has 1 aliphatic rings. The number of aliphatic hydroxyl groups excluding tert-OH is 1. The molecule has 1 aliphatic heterocycles. The number of halogens is 3. The molecule has 1 aromatic carbocycles. The number of alkyl halides is 3. The average Bonchev–Trinajstić information content (AvgIpc) is 2.76. The average molecular weight is 383 g/mol. The lowest BCUT2D eigenvalue weighted by atomic mass is 10.0. The molecular weight excluding hydrogens is 363 g/mol. The number of aliphatic hydroxyl groups is 1. The Morgan fingerprint density at radius 3 is 2.41 bits per heavy atom. The normalized spacial score (nSPS) is 16.8. The van der Waals surface area contributed by atoms with Crippen molar-refractivity contribution in [3.05, 3.63) is 29.3 Å². The predicted octanol–water partition coefficient (Wildman–Crippen LogP) is 3.29. The Bertz CT molecular complexity index is 784. The summed E-state index contributed by atoms with van der Waals surface area (Å²) >= 11 is 0. The van der Waals surface area contributed by atoms with Crippen LogP contribution >= 0.6 is 0 Å². The molecule has 9 heteroatoms. The first-order chi connectivity index (χ1) is 12.6. The molecule has 146 valence electrons. The van der Waals surface area contributed by atoms with Crippen LogP contribution in [0.5, 0.6) is 0 Å². The fraction of sp³-hybridized carbons (Fsp3) is 0.500. The van der Waals surface area contributed by atoms with Gasteiger partial charge >= 0.3 is 12.2 Å². The molecule has 2 rings (SSSR count). The number of benzene rings is 1. The van der Waals surface area contributed by atoms with E-state index in [1.165, 1.54) is 24.8 Å². The second-order valence-corrected chi connectivity index (χ2v) is 6.76. The number of anilines is 1. The van der Waals surface area contributed by atoms with Crippen LogP contribution in [-0.2, 0) is 11.0 Å². The Morgan fingerprint density at radius 2 is 1.85 bits per heavy atom. The Balaban J connectivity index is 2.37. The van der Waals surface area contributed by atoms with Gasteiger partial charge in [0.2, 0.25) is 0 Å². The van der Waals surface area contributed by atoms with Gasteiger partial charge in [-0.2, -0.15) is 18.4 Å². The zero-order valence-electron chi connectivity index (χ0n) is 15.0. The zero-order chi connectivity index (χ0) is 20.4. The molecule has 0 aliphatic carbocycles. The number of amides is 3. The van der Waals surface area contributed by atoms with E-state index in [4.69, 9.17) is 10.4 Å². The second kappa shape index (κ2) is 7.56. The monoisotopic (exact) mass is 383 g/mol. The lowest BCUT2D eigenvalue weighted by Gasteiger charge is -2.27. The minimum absolute atomic E-state index is 0.0217. The van der Waals surface area contributed by atoms with Gasteiger partial charge in [0, 0.05) is 13.2 Å². The van der Waals surface area contributed by atoms with Crippen molar-refractivity contribution < 1.29 is 27.9 Å². The summed E-state index contributed by atoms with van der Waals surface area (Å²) in [4.78, 5) is 27.5. The van der Waals surface area contributed by atoms with Gasteiger partial charge < -0.3 is 10.0 Å². The van der Waals surface area contributed by atoms with E-state index in [0.29, 0.717) is 25.3 Å². The van der Waals surface area contributed by atoms with E-state index in [1.54, 1.807) is 0 Å². The highest BCUT2D eigenvalue weighted by Crippen LogP contribution is 2.37. The summed E-state index contributed by atoms with van der Waals surface area (Å²) in [6, 6.07) is 3.53. The first-order valence-electron chi connectivity index (χ1n) is 8.44. The lowest BCUT2D eigenvalue weighted by molar-refractivity contribution is -0.137. The van der Waals surface area contributed by atoms with Crippen molar-refractivity contribution in [2.45, 2.75) is 44.8 Å². The third-order valence-electron chi connectivity index (χ3n) is 4.55. The first-order valence-corrected chi connectivity index (χ1v) is 8.44. The summed E-state index contributed by atoms with van der Waals surface area (Å²) in [5.74, 6) is -0.632. The van der Waals surface area contributed by atoms with E-state index in [0.717, 1.165) is 17.0 Å². The Morgan fingerprint density at radius 1 is 1.19 bits per heavy atom. The minimum Gasteiger partial charge on any atom is -0.396 e. The molecule has 1 saturated heterocycles. The lowest BCUT2D eigenvalue weighted by Crippen LogP contribution is -2.44. The molecule has 0 spiro atoms. The van der Waals surface area contributed by atoms with Crippen molar-refractivity contribution in [1.82, 2.24) is 4.90 Å². The molecule has 0 aromatic heterocycles. The highest BCUT2D eigenvalue weighted by molar-refractivity contribution is 6.23. The number of carbonyl (C=O) groups is 2. The van der Waals surface area contributed by atoms with Gasteiger partial charge in [0.1, 0.15) is 5.54 Å². The number of urea groups is 1. The highest BCUT2D eigenvalue weighted by atomic mass is 19.4. The first kappa shape index (κ1) is 20.7. The van der Waals surface area contributed by atoms with E-state index < -0.39 is 34.8 Å². The van der Waals surface area contributed by atoms with Crippen LogP contribution < -0.4 is 4.90 Å². The maximum atomic E-state index is 13.2. The van der Waals surface area contributed by atoms with Gasteiger partial charge in [0.15, 0.2) is 0 Å².